The van der Waals surface area contributed by atoms with Crippen molar-refractivity contribution < 1.29 is 85.6 Å². The van der Waals surface area contributed by atoms with Crippen molar-refractivity contribution >= 4 is 68.4 Å². The Balaban J connectivity index is 1.73. The van der Waals surface area contributed by atoms with E-state index in [1.165, 1.54) is 26.4 Å². The fraction of sp³-hybridized carbons (Fsp3) is 0.723. The topological polar surface area (TPSA) is 343 Å². The number of methoxy groups -OCH3 is 2. The second kappa shape index (κ2) is 57.9. The van der Waals surface area contributed by atoms with Crippen LogP contribution in [0.3, 0.4) is 0 Å². The number of unbranched alkanes of at least 4 members (excludes halogenated alkanes) is 10. The van der Waals surface area contributed by atoms with Crippen molar-refractivity contribution in [1.29, 1.82) is 5.26 Å². The first-order chi connectivity index (χ1) is 52.5. The number of nitrogens with one attached hydrogen (secondary N) is 2. The minimum Gasteiger partial charge on any atom is -0.495 e. The summed E-state index contributed by atoms with van der Waals surface area (Å²) < 4.78 is 75.4. The van der Waals surface area contributed by atoms with Gasteiger partial charge < -0.3 is 63.8 Å². The van der Waals surface area contributed by atoms with Crippen LogP contribution in [0.5, 0.6) is 11.5 Å². The van der Waals surface area contributed by atoms with E-state index in [-0.39, 0.29) is 153 Å². The van der Waals surface area contributed by atoms with Gasteiger partial charge in [0.15, 0.2) is 15.7 Å². The highest BCUT2D eigenvalue weighted by atomic mass is 32.2. The van der Waals surface area contributed by atoms with E-state index in [9.17, 15) is 53.0 Å². The molecule has 109 heavy (non-hydrogen) atoms. The predicted molar refractivity (Wildman–Crippen MR) is 425 cm³/mol. The van der Waals surface area contributed by atoms with Crippen molar-refractivity contribution in [2.75, 3.05) is 76.6 Å². The fourth-order valence-electron chi connectivity index (χ4n) is 12.6. The van der Waals surface area contributed by atoms with Crippen LogP contribution >= 0.6 is 0 Å². The van der Waals surface area contributed by atoms with E-state index in [1.54, 1.807) is 25.7 Å². The van der Waals surface area contributed by atoms with Gasteiger partial charge >= 0.3 is 29.8 Å². The third-order valence-electron chi connectivity index (χ3n) is 18.9. The van der Waals surface area contributed by atoms with Gasteiger partial charge in [0.05, 0.1) is 57.1 Å². The Labute approximate surface area is 651 Å². The summed E-state index contributed by atoms with van der Waals surface area (Å²) in [6.45, 7) is 16.3. The number of aliphatic hydroxyl groups is 3. The zero-order chi connectivity index (χ0) is 80.0. The zero-order valence-corrected chi connectivity index (χ0v) is 68.4. The number of nitriles is 1. The number of nitrogens with zero attached hydrogens (tertiary/aromatic N) is 5. The molecule has 25 nitrogen and oxygen atoms in total. The predicted octanol–water partition coefficient (Wildman–Crippen LogP) is 17.0. The van der Waals surface area contributed by atoms with Gasteiger partial charge in [-0.1, -0.05) is 136 Å². The summed E-state index contributed by atoms with van der Waals surface area (Å²) in [5.74, 6) is -1.68. The summed E-state index contributed by atoms with van der Waals surface area (Å²) in [7, 11) is -1.52. The average Bonchev–Trinajstić information content (AvgIpc) is 0.791. The zero-order valence-electron chi connectivity index (χ0n) is 67.6. The number of aliphatic hydroxyl groups excluding tert-OH is 3. The molecule has 7 unspecified atom stereocenters. The molecule has 3 aromatic rings. The van der Waals surface area contributed by atoms with Crippen molar-refractivity contribution in [2.24, 2.45) is 10.2 Å². The maximum atomic E-state index is 14.6. The number of anilines is 3. The molecule has 3 rings (SSSR count). The van der Waals surface area contributed by atoms with E-state index in [4.69, 9.17) is 42.9 Å². The first-order valence-electron chi connectivity index (χ1n) is 40.7. The van der Waals surface area contributed by atoms with Crippen LogP contribution in [0.4, 0.5) is 28.7 Å². The van der Waals surface area contributed by atoms with Gasteiger partial charge in [-0.3, -0.25) is 28.9 Å². The Morgan fingerprint density at radius 1 is 0.541 bits per heavy atom. The molecule has 0 spiro atoms. The Morgan fingerprint density at radius 3 is 1.43 bits per heavy atom. The minimum absolute atomic E-state index is 0.0347. The monoisotopic (exact) mass is 1550 g/mol. The van der Waals surface area contributed by atoms with E-state index in [2.05, 4.69) is 61.5 Å². The lowest BCUT2D eigenvalue weighted by atomic mass is 10.0. The van der Waals surface area contributed by atoms with Gasteiger partial charge in [0, 0.05) is 81.7 Å². The molecular weight excluding hydrogens is 1420 g/mol. The number of esters is 5. The summed E-state index contributed by atoms with van der Waals surface area (Å²) in [5.41, 5.74) is 1.52. The van der Waals surface area contributed by atoms with Crippen LogP contribution in [0, 0.1) is 18.3 Å². The Kier molecular flexibility index (Phi) is 51.1. The van der Waals surface area contributed by atoms with Crippen molar-refractivity contribution in [2.45, 2.75) is 328 Å². The van der Waals surface area contributed by atoms with Gasteiger partial charge in [0.2, 0.25) is 0 Å². The molecular formula is C83H135N7O18S. The van der Waals surface area contributed by atoms with Crippen LogP contribution in [-0.2, 0) is 62.2 Å². The van der Waals surface area contributed by atoms with E-state index in [0.29, 0.717) is 114 Å². The second-order valence-corrected chi connectivity index (χ2v) is 30.8. The molecule has 0 saturated carbocycles. The number of rotatable bonds is 65. The third kappa shape index (κ3) is 42.3. The summed E-state index contributed by atoms with van der Waals surface area (Å²) in [4.78, 5) is 71.0. The number of hydrogen-bond donors (Lipinski definition) is 5. The molecule has 0 aliphatic carbocycles. The van der Waals surface area contributed by atoms with Crippen LogP contribution in [0.1, 0.15) is 284 Å². The van der Waals surface area contributed by atoms with Crippen molar-refractivity contribution in [3.8, 4) is 17.6 Å². The lowest BCUT2D eigenvalue weighted by Gasteiger charge is -2.28. The molecule has 1 heterocycles. The molecule has 5 N–H and O–H groups in total. The number of sulfone groups is 1. The largest absolute Gasteiger partial charge is 0.495 e. The lowest BCUT2D eigenvalue weighted by Crippen LogP contribution is -2.41. The molecule has 26 heteroatoms. The van der Waals surface area contributed by atoms with Crippen LogP contribution in [-0.4, -0.2) is 172 Å². The number of hydrogen-bond acceptors (Lipinski definition) is 25. The Morgan fingerprint density at radius 2 is 0.972 bits per heavy atom. The number of ether oxygens (including phenoxy) is 8. The van der Waals surface area contributed by atoms with E-state index in [1.807, 2.05) is 30.3 Å². The fourth-order valence-corrected chi connectivity index (χ4v) is 14.0. The maximum Gasteiger partial charge on any atom is 0.306 e. The first-order valence-corrected chi connectivity index (χ1v) is 42.4. The van der Waals surface area contributed by atoms with Crippen molar-refractivity contribution in [1.82, 2.24) is 9.88 Å². The molecule has 0 saturated heterocycles. The number of pyridine rings is 1. The highest BCUT2D eigenvalue weighted by Gasteiger charge is 2.28. The molecule has 7 atom stereocenters. The number of carbonyl (C=O) groups excluding carboxylic acids is 5. The number of para-hydroxylation sites is 1. The first kappa shape index (κ1) is 96.2. The molecule has 0 radical (unpaired) electrons. The van der Waals surface area contributed by atoms with Crippen LogP contribution in [0.15, 0.2) is 57.6 Å². The highest BCUT2D eigenvalue weighted by molar-refractivity contribution is 7.91. The molecule has 0 aliphatic heterocycles. The van der Waals surface area contributed by atoms with Crippen LogP contribution < -0.4 is 20.1 Å². The standard InChI is InChI=1S/C83H135N7O18S/c1-11-16-36-66(91)39-24-29-47-77(95)105-62(6)60-90(61-63(7)106-78(96)48-33-28-45-70(43-20-15-5)108-80(98)50-31-26-41-68(93)38-18-13-3)52-56-109(99,100)75-58-73(101-9)72(57-74(75)102-10)88-89-81-64(8)71(59-84)82(87-83(81)86-65-34-22-21-23-35-65)85-51-53-103-54-55-104-76(94)46-32-27-44-69(42-19-14-4)107-79(97)49-30-25-40-67(92)37-17-12-2/h21-23,34-35,57-58,62-63,66-70,91-93H,11-20,24-33,36-56,60-61H2,1-10H3,(H2,85,86,87)/b89-88+. The summed E-state index contributed by atoms with van der Waals surface area (Å²) in [5, 5.41) is 56.8. The normalized spacial score (nSPS) is 13.6. The summed E-state index contributed by atoms with van der Waals surface area (Å²) >= 11 is 0. The summed E-state index contributed by atoms with van der Waals surface area (Å²) in [6, 6.07) is 14.1. The van der Waals surface area contributed by atoms with Crippen LogP contribution in [0.2, 0.25) is 0 Å². The molecule has 0 bridgehead atoms. The van der Waals surface area contributed by atoms with E-state index < -0.39 is 45.8 Å². The number of benzene rings is 2. The van der Waals surface area contributed by atoms with Crippen molar-refractivity contribution in [3.05, 3.63) is 53.6 Å². The molecule has 616 valence electrons. The SMILES string of the molecule is CCCCC(O)CCCCC(=O)OC(C)CN(CCS(=O)(=O)c1cc(OC)c(/N=N/c2c(Nc3ccccc3)nc(NCCOCCOC(=O)CCCCC(CCCC)OC(=O)CCCCC(O)CCCC)c(C#N)c2C)cc1OC)CC(C)OC(=O)CCCCC(CCCC)OC(=O)CCCCC(O)CCCC. The van der Waals surface area contributed by atoms with Gasteiger partial charge in [0.25, 0.3) is 0 Å². The van der Waals surface area contributed by atoms with Gasteiger partial charge in [0.1, 0.15) is 70.7 Å². The van der Waals surface area contributed by atoms with Crippen LogP contribution in [0.25, 0.3) is 0 Å². The maximum absolute atomic E-state index is 14.6. The minimum atomic E-state index is -4.21. The highest BCUT2D eigenvalue weighted by Crippen LogP contribution is 2.41. The lowest BCUT2D eigenvalue weighted by molar-refractivity contribution is -0.152. The molecule has 2 aromatic carbocycles. The van der Waals surface area contributed by atoms with Gasteiger partial charge in [-0.25, -0.2) is 13.4 Å². The van der Waals surface area contributed by atoms with Gasteiger partial charge in [-0.15, -0.1) is 10.2 Å². The van der Waals surface area contributed by atoms with E-state index in [0.717, 1.165) is 103 Å². The molecule has 0 fully saturated rings. The Bertz CT molecular complexity index is 3230. The summed E-state index contributed by atoms with van der Waals surface area (Å²) in [6.07, 6.45) is 21.3. The van der Waals surface area contributed by atoms with E-state index >= 15 is 0 Å². The molecule has 0 aliphatic rings. The molecule has 1 aromatic heterocycles. The Hall–Kier alpha value is -7.02. The third-order valence-corrected chi connectivity index (χ3v) is 20.6. The van der Waals surface area contributed by atoms with Gasteiger partial charge in [-0.2, -0.15) is 5.26 Å². The molecule has 0 amide bonds. The number of azo groups is 1. The smallest absolute Gasteiger partial charge is 0.306 e. The van der Waals surface area contributed by atoms with Gasteiger partial charge in [-0.05, 0) is 142 Å². The van der Waals surface area contributed by atoms with Crippen molar-refractivity contribution in [3.63, 3.8) is 0 Å². The average molecular weight is 1550 g/mol. The quantitative estimate of drug-likeness (QED) is 0.0152. The number of carbonyl (C=O) groups is 5. The second-order valence-electron chi connectivity index (χ2n) is 28.7. The number of aromatic nitrogens is 1.